The minimum absolute atomic E-state index is 0.235. The van der Waals surface area contributed by atoms with E-state index in [1.54, 1.807) is 11.3 Å². The van der Waals surface area contributed by atoms with Crippen LogP contribution >= 0.6 is 11.3 Å². The maximum atomic E-state index is 11.6. The van der Waals surface area contributed by atoms with E-state index in [1.165, 1.54) is 0 Å². The number of Topliss-reactive ketones (excluding diaryl/α,β-unsaturated/α-hetero) is 1. The average molecular weight is 260 g/mol. The summed E-state index contributed by atoms with van der Waals surface area (Å²) in [5, 5.41) is 5.89. The highest BCUT2D eigenvalue weighted by Gasteiger charge is 2.08. The van der Waals surface area contributed by atoms with Crippen molar-refractivity contribution in [1.29, 1.82) is 0 Å². The van der Waals surface area contributed by atoms with Crippen molar-refractivity contribution in [3.8, 4) is 11.3 Å². The highest BCUT2D eigenvalue weighted by atomic mass is 32.1. The van der Waals surface area contributed by atoms with Crippen LogP contribution in [-0.4, -0.2) is 24.4 Å². The third kappa shape index (κ3) is 3.48. The molecular weight excluding hydrogens is 244 g/mol. The summed E-state index contributed by atoms with van der Waals surface area (Å²) >= 11 is 1.55. The van der Waals surface area contributed by atoms with Crippen molar-refractivity contribution in [1.82, 2.24) is 10.3 Å². The lowest BCUT2D eigenvalue weighted by Gasteiger charge is -1.97. The van der Waals surface area contributed by atoms with Gasteiger partial charge in [-0.15, -0.1) is 11.3 Å². The fourth-order valence-corrected chi connectivity index (χ4v) is 2.49. The molecule has 0 unspecified atom stereocenters. The molecule has 3 nitrogen and oxygen atoms in total. The van der Waals surface area contributed by atoms with Crippen LogP contribution in [0.15, 0.2) is 35.7 Å². The lowest BCUT2D eigenvalue weighted by atomic mass is 10.2. The van der Waals surface area contributed by atoms with Gasteiger partial charge in [0.25, 0.3) is 0 Å². The summed E-state index contributed by atoms with van der Waals surface area (Å²) in [4.78, 5) is 16.1. The molecule has 4 heteroatoms. The second-order valence-corrected chi connectivity index (χ2v) is 5.00. The first kappa shape index (κ1) is 12.9. The molecule has 1 aromatic heterocycles. The lowest BCUT2D eigenvalue weighted by Crippen LogP contribution is -2.14. The molecule has 0 amide bonds. The Morgan fingerprint density at radius 2 is 2.11 bits per heavy atom. The number of hydrogen-bond acceptors (Lipinski definition) is 4. The molecule has 94 valence electrons. The van der Waals surface area contributed by atoms with Gasteiger partial charge in [-0.3, -0.25) is 4.79 Å². The highest BCUT2D eigenvalue weighted by Crippen LogP contribution is 2.21. The minimum Gasteiger partial charge on any atom is -0.319 e. The van der Waals surface area contributed by atoms with E-state index in [4.69, 9.17) is 0 Å². The smallest absolute Gasteiger partial charge is 0.140 e. The molecule has 0 bridgehead atoms. The second kappa shape index (κ2) is 6.42. The number of benzene rings is 1. The van der Waals surface area contributed by atoms with Crippen LogP contribution in [0.3, 0.4) is 0 Å². The van der Waals surface area contributed by atoms with Crippen molar-refractivity contribution in [2.75, 3.05) is 13.6 Å². The van der Waals surface area contributed by atoms with Crippen molar-refractivity contribution in [2.24, 2.45) is 0 Å². The first-order valence-corrected chi connectivity index (χ1v) is 6.83. The van der Waals surface area contributed by atoms with Crippen molar-refractivity contribution < 1.29 is 4.79 Å². The Hall–Kier alpha value is -1.52. The third-order valence-electron chi connectivity index (χ3n) is 2.62. The molecule has 1 heterocycles. The van der Waals surface area contributed by atoms with Crippen molar-refractivity contribution in [3.63, 3.8) is 0 Å². The predicted molar refractivity (Wildman–Crippen MR) is 74.8 cm³/mol. The maximum absolute atomic E-state index is 11.6. The molecule has 2 aromatic rings. The molecule has 0 spiro atoms. The van der Waals surface area contributed by atoms with Gasteiger partial charge < -0.3 is 5.32 Å². The SMILES string of the molecule is CNCCC(=O)Cc1nc(-c2ccccc2)cs1. The Labute approximate surface area is 111 Å². The fourth-order valence-electron chi connectivity index (χ4n) is 1.66. The Morgan fingerprint density at radius 1 is 1.33 bits per heavy atom. The molecule has 0 aliphatic rings. The Bertz CT molecular complexity index is 508. The van der Waals surface area contributed by atoms with Crippen LogP contribution in [0.5, 0.6) is 0 Å². The van der Waals surface area contributed by atoms with Crippen LogP contribution in [0.4, 0.5) is 0 Å². The number of carbonyl (C=O) groups is 1. The summed E-state index contributed by atoms with van der Waals surface area (Å²) in [5.74, 6) is 0.235. The van der Waals surface area contributed by atoms with Gasteiger partial charge in [-0.1, -0.05) is 30.3 Å². The van der Waals surface area contributed by atoms with Gasteiger partial charge in [0, 0.05) is 23.9 Å². The molecular formula is C14H16N2OS. The van der Waals surface area contributed by atoms with Gasteiger partial charge in [-0.25, -0.2) is 4.98 Å². The zero-order chi connectivity index (χ0) is 12.8. The first-order chi connectivity index (χ1) is 8.79. The maximum Gasteiger partial charge on any atom is 0.140 e. The van der Waals surface area contributed by atoms with Crippen LogP contribution in [0.1, 0.15) is 11.4 Å². The molecule has 0 aliphatic carbocycles. The summed E-state index contributed by atoms with van der Waals surface area (Å²) < 4.78 is 0. The van der Waals surface area contributed by atoms with E-state index >= 15 is 0 Å². The first-order valence-electron chi connectivity index (χ1n) is 5.95. The lowest BCUT2D eigenvalue weighted by molar-refractivity contribution is -0.118. The van der Waals surface area contributed by atoms with Gasteiger partial charge in [0.05, 0.1) is 12.1 Å². The number of hydrogen-bond donors (Lipinski definition) is 1. The summed E-state index contributed by atoms with van der Waals surface area (Å²) in [5.41, 5.74) is 2.06. The zero-order valence-electron chi connectivity index (χ0n) is 10.3. The van der Waals surface area contributed by atoms with E-state index in [-0.39, 0.29) is 5.78 Å². The zero-order valence-corrected chi connectivity index (χ0v) is 11.2. The number of thiazole rings is 1. The minimum atomic E-state index is 0.235. The number of nitrogens with zero attached hydrogens (tertiary/aromatic N) is 1. The van der Waals surface area contributed by atoms with E-state index < -0.39 is 0 Å². The molecule has 0 radical (unpaired) electrons. The Kier molecular flexibility index (Phi) is 4.61. The quantitative estimate of drug-likeness (QED) is 0.868. The van der Waals surface area contributed by atoms with Crippen LogP contribution < -0.4 is 5.32 Å². The van der Waals surface area contributed by atoms with Gasteiger partial charge in [0.2, 0.25) is 0 Å². The van der Waals surface area contributed by atoms with Crippen molar-refractivity contribution in [3.05, 3.63) is 40.7 Å². The topological polar surface area (TPSA) is 42.0 Å². The summed E-state index contributed by atoms with van der Waals surface area (Å²) in [6, 6.07) is 10.0. The largest absolute Gasteiger partial charge is 0.319 e. The Balaban J connectivity index is 2.00. The molecule has 1 N–H and O–H groups in total. The molecule has 0 aliphatic heterocycles. The highest BCUT2D eigenvalue weighted by molar-refractivity contribution is 7.10. The third-order valence-corrected chi connectivity index (χ3v) is 3.47. The van der Waals surface area contributed by atoms with Crippen molar-refractivity contribution >= 4 is 17.1 Å². The number of carbonyl (C=O) groups excluding carboxylic acids is 1. The van der Waals surface area contributed by atoms with E-state index in [0.29, 0.717) is 12.8 Å². The van der Waals surface area contributed by atoms with Gasteiger partial charge in [0.15, 0.2) is 0 Å². The number of rotatable bonds is 6. The van der Waals surface area contributed by atoms with E-state index in [9.17, 15) is 4.79 Å². The molecule has 18 heavy (non-hydrogen) atoms. The van der Waals surface area contributed by atoms with Gasteiger partial charge in [-0.2, -0.15) is 0 Å². The predicted octanol–water partition coefficient (Wildman–Crippen LogP) is 2.53. The number of aromatic nitrogens is 1. The van der Waals surface area contributed by atoms with Gasteiger partial charge in [0.1, 0.15) is 10.8 Å². The fraction of sp³-hybridized carbons (Fsp3) is 0.286. The molecule has 1 aromatic carbocycles. The standard InChI is InChI=1S/C14H16N2OS/c1-15-8-7-12(17)9-14-16-13(10-18-14)11-5-3-2-4-6-11/h2-6,10,15H,7-9H2,1H3. The average Bonchev–Trinajstić information content (AvgIpc) is 2.86. The molecule has 0 fully saturated rings. The second-order valence-electron chi connectivity index (χ2n) is 4.06. The van der Waals surface area contributed by atoms with Crippen LogP contribution in [0.25, 0.3) is 11.3 Å². The summed E-state index contributed by atoms with van der Waals surface area (Å²) in [6.07, 6.45) is 1.01. The molecule has 0 saturated heterocycles. The summed E-state index contributed by atoms with van der Waals surface area (Å²) in [7, 11) is 1.85. The van der Waals surface area contributed by atoms with Gasteiger partial charge >= 0.3 is 0 Å². The van der Waals surface area contributed by atoms with E-state index in [2.05, 4.69) is 10.3 Å². The van der Waals surface area contributed by atoms with Crippen LogP contribution in [0.2, 0.25) is 0 Å². The number of nitrogens with one attached hydrogen (secondary N) is 1. The van der Waals surface area contributed by atoms with Crippen molar-refractivity contribution in [2.45, 2.75) is 12.8 Å². The molecule has 0 saturated carbocycles. The monoisotopic (exact) mass is 260 g/mol. The Morgan fingerprint density at radius 3 is 2.83 bits per heavy atom. The normalized spacial score (nSPS) is 10.5. The summed E-state index contributed by atoms with van der Waals surface area (Å²) in [6.45, 7) is 0.732. The van der Waals surface area contributed by atoms with Crippen LogP contribution in [-0.2, 0) is 11.2 Å². The van der Waals surface area contributed by atoms with Crippen LogP contribution in [0, 0.1) is 0 Å². The van der Waals surface area contributed by atoms with E-state index in [0.717, 1.165) is 22.8 Å². The van der Waals surface area contributed by atoms with Gasteiger partial charge in [-0.05, 0) is 7.05 Å². The molecule has 0 atom stereocenters. The number of ketones is 1. The van der Waals surface area contributed by atoms with E-state index in [1.807, 2.05) is 42.8 Å². The molecule has 2 rings (SSSR count).